The number of nitrogens with one attached hydrogen (secondary N) is 2. The number of nitrogens with two attached hydrogens (primary N) is 1. The summed E-state index contributed by atoms with van der Waals surface area (Å²) in [4.78, 5) is 19.0. The van der Waals surface area contributed by atoms with Gasteiger partial charge in [-0.3, -0.25) is 0 Å². The molecule has 1 aromatic carbocycles. The molecule has 1 aromatic heterocycles. The van der Waals surface area contributed by atoms with Gasteiger partial charge in [0.05, 0.1) is 11.0 Å². The quantitative estimate of drug-likeness (QED) is 0.759. The highest BCUT2D eigenvalue weighted by Gasteiger charge is 2.18. The molecule has 0 aliphatic heterocycles. The normalized spacial score (nSPS) is 12.5. The van der Waals surface area contributed by atoms with Crippen LogP contribution in [-0.4, -0.2) is 35.0 Å². The van der Waals surface area contributed by atoms with Crippen LogP contribution in [0.25, 0.3) is 11.0 Å². The molecule has 0 amide bonds. The van der Waals surface area contributed by atoms with Gasteiger partial charge in [-0.05, 0) is 36.7 Å². The lowest BCUT2D eigenvalue weighted by molar-refractivity contribution is 0.210. The molecule has 1 heterocycles. The molecule has 2 aromatic rings. The third kappa shape index (κ3) is 3.45. The summed E-state index contributed by atoms with van der Waals surface area (Å²) in [5, 5.41) is 0. The molecule has 0 fully saturated rings. The molecule has 104 valence electrons. The van der Waals surface area contributed by atoms with Crippen molar-refractivity contribution in [3.05, 3.63) is 34.2 Å². The summed E-state index contributed by atoms with van der Waals surface area (Å²) in [5.41, 5.74) is 8.59. The van der Waals surface area contributed by atoms with E-state index >= 15 is 0 Å². The minimum atomic E-state index is -0.162. The standard InChI is InChI=1S/C14H22N4O/c1-14(2,8-15)9-18(3)7-10-4-5-11-12(6-10)17-13(19)16-11/h4-6H,7-9,15H2,1-3H3,(H2,16,17,19). The van der Waals surface area contributed by atoms with Crippen molar-refractivity contribution in [3.8, 4) is 0 Å². The van der Waals surface area contributed by atoms with Gasteiger partial charge in [0, 0.05) is 13.1 Å². The molecule has 0 aliphatic rings. The van der Waals surface area contributed by atoms with Crippen molar-refractivity contribution in [2.45, 2.75) is 20.4 Å². The second-order valence-electron chi connectivity index (χ2n) is 6.00. The first-order valence-corrected chi connectivity index (χ1v) is 6.49. The average molecular weight is 262 g/mol. The van der Waals surface area contributed by atoms with Gasteiger partial charge >= 0.3 is 5.69 Å². The molecule has 2 rings (SSSR count). The highest BCUT2D eigenvalue weighted by atomic mass is 16.1. The predicted octanol–water partition coefficient (Wildman–Crippen LogP) is 1.27. The molecule has 0 aliphatic carbocycles. The molecule has 0 unspecified atom stereocenters. The van der Waals surface area contributed by atoms with E-state index in [1.807, 2.05) is 18.2 Å². The average Bonchev–Trinajstić information content (AvgIpc) is 2.67. The van der Waals surface area contributed by atoms with Gasteiger partial charge in [0.15, 0.2) is 0 Å². The fourth-order valence-electron chi connectivity index (χ4n) is 2.34. The van der Waals surface area contributed by atoms with Crippen molar-refractivity contribution >= 4 is 11.0 Å². The minimum absolute atomic E-state index is 0.112. The van der Waals surface area contributed by atoms with Crippen LogP contribution in [0.5, 0.6) is 0 Å². The molecule has 5 heteroatoms. The van der Waals surface area contributed by atoms with Crippen LogP contribution in [0.15, 0.2) is 23.0 Å². The number of hydrogen-bond acceptors (Lipinski definition) is 3. The van der Waals surface area contributed by atoms with Crippen molar-refractivity contribution in [3.63, 3.8) is 0 Å². The zero-order valence-corrected chi connectivity index (χ0v) is 11.8. The fourth-order valence-corrected chi connectivity index (χ4v) is 2.34. The van der Waals surface area contributed by atoms with E-state index in [1.54, 1.807) is 0 Å². The van der Waals surface area contributed by atoms with Crippen LogP contribution in [0.2, 0.25) is 0 Å². The number of H-pyrrole nitrogens is 2. The van der Waals surface area contributed by atoms with Crippen molar-refractivity contribution < 1.29 is 0 Å². The van der Waals surface area contributed by atoms with Crippen LogP contribution in [-0.2, 0) is 6.54 Å². The summed E-state index contributed by atoms with van der Waals surface area (Å²) >= 11 is 0. The largest absolute Gasteiger partial charge is 0.330 e. The SMILES string of the molecule is CN(Cc1ccc2[nH]c(=O)[nH]c2c1)CC(C)(C)CN. The molecule has 0 saturated carbocycles. The summed E-state index contributed by atoms with van der Waals surface area (Å²) in [6.07, 6.45) is 0. The van der Waals surface area contributed by atoms with Gasteiger partial charge in [-0.15, -0.1) is 0 Å². The second-order valence-corrected chi connectivity index (χ2v) is 6.00. The summed E-state index contributed by atoms with van der Waals surface area (Å²) in [5.74, 6) is 0. The summed E-state index contributed by atoms with van der Waals surface area (Å²) in [6, 6.07) is 5.99. The Balaban J connectivity index is 2.10. The third-order valence-corrected chi connectivity index (χ3v) is 3.28. The Hall–Kier alpha value is -1.59. The van der Waals surface area contributed by atoms with E-state index in [-0.39, 0.29) is 11.1 Å². The monoisotopic (exact) mass is 262 g/mol. The van der Waals surface area contributed by atoms with Gasteiger partial charge in [-0.1, -0.05) is 19.9 Å². The molecule has 0 spiro atoms. The van der Waals surface area contributed by atoms with E-state index in [9.17, 15) is 4.79 Å². The number of hydrogen-bond donors (Lipinski definition) is 3. The Morgan fingerprint density at radius 3 is 2.63 bits per heavy atom. The van der Waals surface area contributed by atoms with E-state index in [0.717, 1.165) is 24.1 Å². The molecule has 0 atom stereocenters. The summed E-state index contributed by atoms with van der Waals surface area (Å²) < 4.78 is 0. The lowest BCUT2D eigenvalue weighted by Gasteiger charge is -2.29. The molecule has 5 nitrogen and oxygen atoms in total. The Labute approximate surface area is 112 Å². The van der Waals surface area contributed by atoms with E-state index in [0.29, 0.717) is 6.54 Å². The lowest BCUT2D eigenvalue weighted by Crippen LogP contribution is -2.36. The van der Waals surface area contributed by atoms with Crippen LogP contribution in [0, 0.1) is 5.41 Å². The number of imidazole rings is 1. The van der Waals surface area contributed by atoms with Crippen LogP contribution in [0.4, 0.5) is 0 Å². The van der Waals surface area contributed by atoms with Crippen molar-refractivity contribution in [2.75, 3.05) is 20.1 Å². The Bertz CT molecular complexity index is 611. The summed E-state index contributed by atoms with van der Waals surface area (Å²) in [6.45, 7) is 6.77. The van der Waals surface area contributed by atoms with Crippen molar-refractivity contribution in [1.29, 1.82) is 0 Å². The number of rotatable bonds is 5. The second kappa shape index (κ2) is 5.19. The van der Waals surface area contributed by atoms with E-state index < -0.39 is 0 Å². The minimum Gasteiger partial charge on any atom is -0.330 e. The van der Waals surface area contributed by atoms with Crippen LogP contribution < -0.4 is 11.4 Å². The van der Waals surface area contributed by atoms with E-state index in [1.165, 1.54) is 5.56 Å². The number of aromatic amines is 2. The molecule has 0 saturated heterocycles. The zero-order chi connectivity index (χ0) is 14.0. The van der Waals surface area contributed by atoms with Crippen LogP contribution in [0.3, 0.4) is 0 Å². The number of aromatic nitrogens is 2. The molecular formula is C14H22N4O. The first kappa shape index (κ1) is 13.8. The van der Waals surface area contributed by atoms with Gasteiger partial charge in [-0.2, -0.15) is 0 Å². The van der Waals surface area contributed by atoms with Gasteiger partial charge in [0.2, 0.25) is 0 Å². The first-order valence-electron chi connectivity index (χ1n) is 6.49. The van der Waals surface area contributed by atoms with Gasteiger partial charge in [-0.25, -0.2) is 4.79 Å². The number of benzene rings is 1. The van der Waals surface area contributed by atoms with E-state index in [2.05, 4.69) is 35.8 Å². The number of nitrogens with zero attached hydrogens (tertiary/aromatic N) is 1. The number of fused-ring (bicyclic) bond motifs is 1. The van der Waals surface area contributed by atoms with Crippen LogP contribution >= 0.6 is 0 Å². The topological polar surface area (TPSA) is 77.9 Å². The highest BCUT2D eigenvalue weighted by Crippen LogP contribution is 2.17. The van der Waals surface area contributed by atoms with Crippen LogP contribution in [0.1, 0.15) is 19.4 Å². The molecule has 4 N–H and O–H groups in total. The smallest absolute Gasteiger partial charge is 0.323 e. The molecule has 0 radical (unpaired) electrons. The van der Waals surface area contributed by atoms with Crippen molar-refractivity contribution in [1.82, 2.24) is 14.9 Å². The third-order valence-electron chi connectivity index (χ3n) is 3.28. The first-order chi connectivity index (χ1) is 8.89. The van der Waals surface area contributed by atoms with E-state index in [4.69, 9.17) is 5.73 Å². The summed E-state index contributed by atoms with van der Waals surface area (Å²) in [7, 11) is 2.08. The maximum atomic E-state index is 11.2. The predicted molar refractivity (Wildman–Crippen MR) is 78.1 cm³/mol. The maximum Gasteiger partial charge on any atom is 0.323 e. The van der Waals surface area contributed by atoms with Gasteiger partial charge in [0.1, 0.15) is 0 Å². The zero-order valence-electron chi connectivity index (χ0n) is 11.8. The fraction of sp³-hybridized carbons (Fsp3) is 0.500. The van der Waals surface area contributed by atoms with Gasteiger partial charge in [0.25, 0.3) is 0 Å². The lowest BCUT2D eigenvalue weighted by atomic mass is 9.93. The Morgan fingerprint density at radius 1 is 1.26 bits per heavy atom. The highest BCUT2D eigenvalue weighted by molar-refractivity contribution is 5.74. The molecule has 0 bridgehead atoms. The molecule has 19 heavy (non-hydrogen) atoms. The van der Waals surface area contributed by atoms with Gasteiger partial charge < -0.3 is 20.6 Å². The van der Waals surface area contributed by atoms with Crippen molar-refractivity contribution in [2.24, 2.45) is 11.1 Å². The molecular weight excluding hydrogens is 240 g/mol. The Kier molecular flexibility index (Phi) is 3.78. The maximum absolute atomic E-state index is 11.2. The Morgan fingerprint density at radius 2 is 1.95 bits per heavy atom.